The fourth-order valence-electron chi connectivity index (χ4n) is 3.21. The monoisotopic (exact) mass is 457 g/mol. The SMILES string of the molecule is C=CCn1c(=O)c2ccccc2n2c(SCC(=O)Nc3ccccc3OC(F)F)nnc12. The van der Waals surface area contributed by atoms with Crippen molar-refractivity contribution >= 4 is 40.0 Å². The third kappa shape index (κ3) is 4.19. The van der Waals surface area contributed by atoms with Crippen LogP contribution in [-0.2, 0) is 11.3 Å². The Morgan fingerprint density at radius 3 is 2.72 bits per heavy atom. The number of benzene rings is 2. The number of hydrogen-bond acceptors (Lipinski definition) is 6. The van der Waals surface area contributed by atoms with Gasteiger partial charge in [0, 0.05) is 6.54 Å². The number of hydrogen-bond donors (Lipinski definition) is 1. The van der Waals surface area contributed by atoms with Crippen LogP contribution in [0.3, 0.4) is 0 Å². The Balaban J connectivity index is 1.62. The third-order valence-electron chi connectivity index (χ3n) is 4.50. The lowest BCUT2D eigenvalue weighted by atomic mass is 10.2. The highest BCUT2D eigenvalue weighted by Gasteiger charge is 2.18. The number of carbonyl (C=O) groups excluding carboxylic acids is 1. The van der Waals surface area contributed by atoms with Crippen molar-refractivity contribution in [3.8, 4) is 5.75 Å². The Hall–Kier alpha value is -3.73. The first-order valence-electron chi connectivity index (χ1n) is 9.43. The Morgan fingerprint density at radius 2 is 1.94 bits per heavy atom. The summed E-state index contributed by atoms with van der Waals surface area (Å²) in [5.41, 5.74) is 0.525. The van der Waals surface area contributed by atoms with Gasteiger partial charge in [0.25, 0.3) is 5.56 Å². The summed E-state index contributed by atoms with van der Waals surface area (Å²) in [4.78, 5) is 25.3. The van der Waals surface area contributed by atoms with Crippen molar-refractivity contribution in [2.45, 2.75) is 18.3 Å². The van der Waals surface area contributed by atoms with Crippen LogP contribution in [-0.4, -0.2) is 37.4 Å². The largest absolute Gasteiger partial charge is 0.433 e. The number of alkyl halides is 2. The molecule has 1 amide bonds. The molecule has 4 aromatic rings. The predicted molar refractivity (Wildman–Crippen MR) is 117 cm³/mol. The fraction of sp³-hybridized carbons (Fsp3) is 0.143. The summed E-state index contributed by atoms with van der Waals surface area (Å²) < 4.78 is 32.7. The molecule has 2 aromatic carbocycles. The van der Waals surface area contributed by atoms with E-state index in [1.807, 2.05) is 0 Å². The third-order valence-corrected chi connectivity index (χ3v) is 5.43. The van der Waals surface area contributed by atoms with Crippen molar-refractivity contribution in [2.24, 2.45) is 0 Å². The van der Waals surface area contributed by atoms with Gasteiger partial charge in [-0.2, -0.15) is 8.78 Å². The molecule has 164 valence electrons. The highest BCUT2D eigenvalue weighted by Crippen LogP contribution is 2.26. The molecule has 0 aliphatic heterocycles. The summed E-state index contributed by atoms with van der Waals surface area (Å²) >= 11 is 1.10. The number of anilines is 1. The molecular weight excluding hydrogens is 440 g/mol. The summed E-state index contributed by atoms with van der Waals surface area (Å²) in [7, 11) is 0. The number of fused-ring (bicyclic) bond motifs is 3. The van der Waals surface area contributed by atoms with Gasteiger partial charge in [-0.1, -0.05) is 42.1 Å². The summed E-state index contributed by atoms with van der Waals surface area (Å²) in [6, 6.07) is 13.0. The lowest BCUT2D eigenvalue weighted by Gasteiger charge is -2.11. The van der Waals surface area contributed by atoms with Crippen LogP contribution in [0.5, 0.6) is 5.75 Å². The maximum absolute atomic E-state index is 12.8. The first kappa shape index (κ1) is 21.5. The minimum Gasteiger partial charge on any atom is -0.433 e. The number of amides is 1. The predicted octanol–water partition coefficient (Wildman–Crippen LogP) is 3.56. The van der Waals surface area contributed by atoms with Crippen LogP contribution in [0.4, 0.5) is 14.5 Å². The fourth-order valence-corrected chi connectivity index (χ4v) is 3.95. The van der Waals surface area contributed by atoms with Crippen LogP contribution in [0.1, 0.15) is 0 Å². The number of thioether (sulfide) groups is 1. The second-order valence-corrected chi connectivity index (χ2v) is 7.49. The highest BCUT2D eigenvalue weighted by molar-refractivity contribution is 7.99. The molecule has 0 bridgehead atoms. The molecule has 11 heteroatoms. The van der Waals surface area contributed by atoms with E-state index in [9.17, 15) is 18.4 Å². The van der Waals surface area contributed by atoms with Gasteiger partial charge >= 0.3 is 6.61 Å². The second kappa shape index (κ2) is 9.18. The van der Waals surface area contributed by atoms with Gasteiger partial charge in [0.15, 0.2) is 5.16 Å². The Bertz CT molecular complexity index is 1370. The summed E-state index contributed by atoms with van der Waals surface area (Å²) in [5, 5.41) is 11.7. The van der Waals surface area contributed by atoms with Crippen molar-refractivity contribution in [2.75, 3.05) is 11.1 Å². The van der Waals surface area contributed by atoms with Gasteiger partial charge in [0.2, 0.25) is 11.7 Å². The van der Waals surface area contributed by atoms with E-state index >= 15 is 0 Å². The van der Waals surface area contributed by atoms with E-state index in [2.05, 4.69) is 26.8 Å². The number of para-hydroxylation sites is 3. The van der Waals surface area contributed by atoms with Gasteiger partial charge in [0.05, 0.1) is 22.3 Å². The van der Waals surface area contributed by atoms with Gasteiger partial charge in [0.1, 0.15) is 5.75 Å². The van der Waals surface area contributed by atoms with E-state index in [0.29, 0.717) is 21.8 Å². The molecule has 0 atom stereocenters. The van der Waals surface area contributed by atoms with Crippen molar-refractivity contribution in [1.29, 1.82) is 0 Å². The molecular formula is C21H17F2N5O3S. The molecule has 4 rings (SSSR count). The molecule has 8 nitrogen and oxygen atoms in total. The van der Waals surface area contributed by atoms with E-state index in [1.165, 1.54) is 22.8 Å². The topological polar surface area (TPSA) is 90.5 Å². The molecule has 0 unspecified atom stereocenters. The summed E-state index contributed by atoms with van der Waals surface area (Å²) in [6.07, 6.45) is 1.59. The first-order valence-corrected chi connectivity index (χ1v) is 10.4. The van der Waals surface area contributed by atoms with Crippen LogP contribution in [0.25, 0.3) is 16.7 Å². The number of halogens is 2. The number of nitrogens with zero attached hydrogens (tertiary/aromatic N) is 4. The van der Waals surface area contributed by atoms with E-state index in [1.54, 1.807) is 40.8 Å². The number of nitrogens with one attached hydrogen (secondary N) is 1. The number of carbonyl (C=O) groups is 1. The standard InChI is InChI=1S/C21H17F2N5O3S/c1-2-11-27-18(30)13-7-3-5-9-15(13)28-20(27)25-26-21(28)32-12-17(29)24-14-8-4-6-10-16(14)31-19(22)23/h2-10,19H,1,11-12H2,(H,24,29). The van der Waals surface area contributed by atoms with Crippen LogP contribution in [0.2, 0.25) is 0 Å². The minimum atomic E-state index is -3.01. The molecule has 0 saturated carbocycles. The molecule has 2 heterocycles. The van der Waals surface area contributed by atoms with Gasteiger partial charge in [-0.3, -0.25) is 18.6 Å². The average Bonchev–Trinajstić information content (AvgIpc) is 3.20. The van der Waals surface area contributed by atoms with Crippen LogP contribution >= 0.6 is 11.8 Å². The maximum Gasteiger partial charge on any atom is 0.387 e. The van der Waals surface area contributed by atoms with Crippen molar-refractivity contribution in [3.63, 3.8) is 0 Å². The molecule has 2 aromatic heterocycles. The first-order chi connectivity index (χ1) is 15.5. The Labute approximate surface area is 184 Å². The molecule has 0 aliphatic rings. The second-order valence-electron chi connectivity index (χ2n) is 6.55. The van der Waals surface area contributed by atoms with Crippen molar-refractivity contribution < 1.29 is 18.3 Å². The zero-order valence-corrected chi connectivity index (χ0v) is 17.4. The normalized spacial score (nSPS) is 11.2. The zero-order chi connectivity index (χ0) is 22.7. The van der Waals surface area contributed by atoms with E-state index in [-0.39, 0.29) is 29.3 Å². The zero-order valence-electron chi connectivity index (χ0n) is 16.6. The number of allylic oxidation sites excluding steroid dienone is 1. The lowest BCUT2D eigenvalue weighted by Crippen LogP contribution is -2.22. The van der Waals surface area contributed by atoms with Crippen molar-refractivity contribution in [3.05, 3.63) is 71.5 Å². The van der Waals surface area contributed by atoms with E-state index in [4.69, 9.17) is 0 Å². The number of aromatic nitrogens is 4. The Kier molecular flexibility index (Phi) is 6.17. The molecule has 0 fully saturated rings. The number of rotatable bonds is 8. The molecule has 0 spiro atoms. The van der Waals surface area contributed by atoms with E-state index < -0.39 is 12.5 Å². The van der Waals surface area contributed by atoms with Gasteiger partial charge in [-0.25, -0.2) is 0 Å². The molecule has 0 radical (unpaired) electrons. The van der Waals surface area contributed by atoms with Crippen molar-refractivity contribution in [1.82, 2.24) is 19.2 Å². The lowest BCUT2D eigenvalue weighted by molar-refractivity contribution is -0.113. The molecule has 1 N–H and O–H groups in total. The molecule has 0 saturated heterocycles. The smallest absolute Gasteiger partial charge is 0.387 e. The van der Waals surface area contributed by atoms with Crippen LogP contribution in [0, 0.1) is 0 Å². The highest BCUT2D eigenvalue weighted by atomic mass is 32.2. The maximum atomic E-state index is 12.8. The van der Waals surface area contributed by atoms with Gasteiger partial charge < -0.3 is 10.1 Å². The quantitative estimate of drug-likeness (QED) is 0.321. The average molecular weight is 457 g/mol. The number of ether oxygens (including phenoxy) is 1. The summed E-state index contributed by atoms with van der Waals surface area (Å²) in [5.74, 6) is -0.320. The summed E-state index contributed by atoms with van der Waals surface area (Å²) in [6.45, 7) is 0.922. The van der Waals surface area contributed by atoms with Gasteiger partial charge in [-0.05, 0) is 24.3 Å². The molecule has 32 heavy (non-hydrogen) atoms. The Morgan fingerprint density at radius 1 is 1.19 bits per heavy atom. The van der Waals surface area contributed by atoms with Crippen LogP contribution < -0.4 is 15.6 Å². The van der Waals surface area contributed by atoms with Crippen LogP contribution in [0.15, 0.2) is 71.1 Å². The van der Waals surface area contributed by atoms with Gasteiger partial charge in [-0.15, -0.1) is 16.8 Å². The molecule has 0 aliphatic carbocycles. The van der Waals surface area contributed by atoms with E-state index in [0.717, 1.165) is 11.8 Å². The minimum absolute atomic E-state index is 0.0707.